The largest absolute Gasteiger partial charge is 0.340 e. The minimum Gasteiger partial charge on any atom is -0.340 e. The normalized spacial score (nSPS) is 23.0. The van der Waals surface area contributed by atoms with Crippen LogP contribution in [0.4, 0.5) is 0 Å². The molecule has 4 rings (SSSR count). The fourth-order valence-electron chi connectivity index (χ4n) is 4.57. The van der Waals surface area contributed by atoms with Crippen molar-refractivity contribution in [2.75, 3.05) is 19.6 Å². The van der Waals surface area contributed by atoms with Gasteiger partial charge in [0, 0.05) is 42.6 Å². The van der Waals surface area contributed by atoms with Crippen molar-refractivity contribution in [3.63, 3.8) is 0 Å². The maximum atomic E-state index is 13.2. The number of hydrogen-bond acceptors (Lipinski definition) is 3. The molecule has 2 amide bonds. The number of fused-ring (bicyclic) bond motifs is 1. The van der Waals surface area contributed by atoms with Crippen molar-refractivity contribution >= 4 is 22.6 Å². The topological polar surface area (TPSA) is 73.5 Å². The number of rotatable bonds is 2. The quantitative estimate of drug-likeness (QED) is 0.886. The number of piperidine rings is 1. The highest BCUT2D eigenvalue weighted by Crippen LogP contribution is 2.41. The third-order valence-electron chi connectivity index (χ3n) is 6.07. The second-order valence-electron chi connectivity index (χ2n) is 8.03. The van der Waals surface area contributed by atoms with E-state index in [1.165, 1.54) is 6.20 Å². The van der Waals surface area contributed by atoms with E-state index in [0.717, 1.165) is 19.4 Å². The summed E-state index contributed by atoms with van der Waals surface area (Å²) >= 11 is 0. The first-order valence-corrected chi connectivity index (χ1v) is 9.64. The molecule has 2 aliphatic heterocycles. The zero-order chi connectivity index (χ0) is 19.2. The number of pyridine rings is 1. The molecule has 0 aliphatic carbocycles. The number of benzene rings is 1. The second kappa shape index (κ2) is 6.51. The number of hydrogen-bond donors (Lipinski definition) is 1. The highest BCUT2D eigenvalue weighted by molar-refractivity contribution is 6.06. The fourth-order valence-corrected chi connectivity index (χ4v) is 4.57. The van der Waals surface area contributed by atoms with E-state index in [0.29, 0.717) is 35.8 Å². The molecule has 2 aromatic rings. The third kappa shape index (κ3) is 2.83. The Morgan fingerprint density at radius 1 is 1.11 bits per heavy atom. The van der Waals surface area contributed by atoms with Crippen LogP contribution in [0.3, 0.4) is 0 Å². The number of carbonyl (C=O) groups excluding carboxylic acids is 2. The summed E-state index contributed by atoms with van der Waals surface area (Å²) in [5.41, 5.74) is -0.155. The van der Waals surface area contributed by atoms with E-state index in [1.54, 1.807) is 23.1 Å². The zero-order valence-corrected chi connectivity index (χ0v) is 15.8. The second-order valence-corrected chi connectivity index (χ2v) is 8.03. The predicted molar refractivity (Wildman–Crippen MR) is 104 cm³/mol. The predicted octanol–water partition coefficient (Wildman–Crippen LogP) is 2.39. The molecular weight excluding hydrogens is 342 g/mol. The third-order valence-corrected chi connectivity index (χ3v) is 6.07. The van der Waals surface area contributed by atoms with Crippen molar-refractivity contribution in [3.8, 4) is 0 Å². The van der Waals surface area contributed by atoms with Gasteiger partial charge in [0.05, 0.1) is 11.0 Å². The Morgan fingerprint density at radius 3 is 2.59 bits per heavy atom. The highest BCUT2D eigenvalue weighted by Gasteiger charge is 2.49. The zero-order valence-electron chi connectivity index (χ0n) is 15.8. The van der Waals surface area contributed by atoms with Gasteiger partial charge in [0.25, 0.3) is 11.5 Å². The smallest absolute Gasteiger partial charge is 0.256 e. The summed E-state index contributed by atoms with van der Waals surface area (Å²) in [5, 5.41) is 1.17. The Hall–Kier alpha value is -2.63. The van der Waals surface area contributed by atoms with Crippen LogP contribution in [-0.2, 0) is 4.79 Å². The molecule has 1 aromatic carbocycles. The number of nitrogens with one attached hydrogen (secondary N) is 1. The number of aromatic nitrogens is 1. The van der Waals surface area contributed by atoms with Crippen molar-refractivity contribution in [3.05, 3.63) is 46.4 Å². The number of nitrogens with zero attached hydrogens (tertiary/aromatic N) is 2. The molecule has 2 aliphatic rings. The monoisotopic (exact) mass is 367 g/mol. The first-order chi connectivity index (χ1) is 12.9. The molecule has 1 atom stereocenters. The van der Waals surface area contributed by atoms with E-state index in [4.69, 9.17) is 0 Å². The van der Waals surface area contributed by atoms with Crippen molar-refractivity contribution in [2.45, 2.75) is 39.2 Å². The lowest BCUT2D eigenvalue weighted by Gasteiger charge is -2.41. The van der Waals surface area contributed by atoms with E-state index < -0.39 is 5.41 Å². The van der Waals surface area contributed by atoms with Crippen LogP contribution >= 0.6 is 0 Å². The molecule has 2 fully saturated rings. The van der Waals surface area contributed by atoms with Gasteiger partial charge in [-0.1, -0.05) is 18.2 Å². The van der Waals surface area contributed by atoms with Crippen LogP contribution < -0.4 is 5.56 Å². The lowest BCUT2D eigenvalue weighted by Crippen LogP contribution is -2.52. The van der Waals surface area contributed by atoms with Crippen LogP contribution in [-0.4, -0.2) is 52.3 Å². The Balaban J connectivity index is 1.63. The molecule has 27 heavy (non-hydrogen) atoms. The Morgan fingerprint density at radius 2 is 1.85 bits per heavy atom. The van der Waals surface area contributed by atoms with E-state index >= 15 is 0 Å². The summed E-state index contributed by atoms with van der Waals surface area (Å²) in [4.78, 5) is 44.7. The van der Waals surface area contributed by atoms with Gasteiger partial charge >= 0.3 is 0 Å². The van der Waals surface area contributed by atoms with Crippen LogP contribution in [0.2, 0.25) is 0 Å². The SMILES string of the molecule is CC(C)N1CCCC2(CCN(C(=O)c3c[nH]c(=O)c4ccccc34)C2)C1=O. The molecule has 1 unspecified atom stereocenters. The first kappa shape index (κ1) is 17.8. The molecule has 0 radical (unpaired) electrons. The van der Waals surface area contributed by atoms with Crippen molar-refractivity contribution in [1.29, 1.82) is 0 Å². The van der Waals surface area contributed by atoms with Crippen LogP contribution in [0, 0.1) is 5.41 Å². The molecule has 1 aromatic heterocycles. The van der Waals surface area contributed by atoms with Gasteiger partial charge in [0.2, 0.25) is 5.91 Å². The van der Waals surface area contributed by atoms with Gasteiger partial charge in [-0.2, -0.15) is 0 Å². The highest BCUT2D eigenvalue weighted by atomic mass is 16.2. The van der Waals surface area contributed by atoms with Crippen LogP contribution in [0.5, 0.6) is 0 Å². The number of aromatic amines is 1. The summed E-state index contributed by atoms with van der Waals surface area (Å²) in [6.07, 6.45) is 4.03. The van der Waals surface area contributed by atoms with Gasteiger partial charge in [-0.25, -0.2) is 0 Å². The van der Waals surface area contributed by atoms with Crippen molar-refractivity contribution < 1.29 is 9.59 Å². The van der Waals surface area contributed by atoms with Gasteiger partial charge < -0.3 is 14.8 Å². The molecule has 142 valence electrons. The molecule has 1 N–H and O–H groups in total. The van der Waals surface area contributed by atoms with Gasteiger partial charge in [0.15, 0.2) is 0 Å². The van der Waals surface area contributed by atoms with Gasteiger partial charge in [0.1, 0.15) is 0 Å². The summed E-state index contributed by atoms with van der Waals surface area (Å²) in [6.45, 7) is 5.92. The first-order valence-electron chi connectivity index (χ1n) is 9.64. The van der Waals surface area contributed by atoms with Gasteiger partial charge in [-0.15, -0.1) is 0 Å². The summed E-state index contributed by atoms with van der Waals surface area (Å²) < 4.78 is 0. The Labute approximate surface area is 158 Å². The summed E-state index contributed by atoms with van der Waals surface area (Å²) in [5.74, 6) is 0.0687. The minimum atomic E-state index is -0.448. The molecule has 3 heterocycles. The van der Waals surface area contributed by atoms with Crippen LogP contribution in [0.25, 0.3) is 10.8 Å². The summed E-state index contributed by atoms with van der Waals surface area (Å²) in [7, 11) is 0. The average Bonchev–Trinajstić information content (AvgIpc) is 3.09. The van der Waals surface area contributed by atoms with E-state index in [9.17, 15) is 14.4 Å². The van der Waals surface area contributed by atoms with E-state index in [1.807, 2.05) is 24.8 Å². The van der Waals surface area contributed by atoms with Crippen LogP contribution in [0.15, 0.2) is 35.3 Å². The van der Waals surface area contributed by atoms with Gasteiger partial charge in [-0.05, 0) is 39.2 Å². The standard InChI is InChI=1S/C21H25N3O3/c1-14(2)24-10-5-8-21(20(24)27)9-11-23(13-21)19(26)17-12-22-18(25)16-7-4-3-6-15(16)17/h3-4,6-7,12,14H,5,8-11,13H2,1-2H3,(H,22,25). The number of carbonyl (C=O) groups is 2. The summed E-state index contributed by atoms with van der Waals surface area (Å²) in [6, 6.07) is 7.33. The average molecular weight is 367 g/mol. The molecule has 0 bridgehead atoms. The minimum absolute atomic E-state index is 0.117. The molecule has 6 nitrogen and oxygen atoms in total. The number of H-pyrrole nitrogens is 1. The maximum absolute atomic E-state index is 13.2. The van der Waals surface area contributed by atoms with Crippen LogP contribution in [0.1, 0.15) is 43.5 Å². The number of likely N-dealkylation sites (tertiary alicyclic amines) is 2. The Bertz CT molecular complexity index is 965. The fraction of sp³-hybridized carbons (Fsp3) is 0.476. The molecular formula is C21H25N3O3. The lowest BCUT2D eigenvalue weighted by atomic mass is 9.78. The lowest BCUT2D eigenvalue weighted by molar-refractivity contribution is -0.147. The van der Waals surface area contributed by atoms with Gasteiger partial charge in [-0.3, -0.25) is 14.4 Å². The number of amides is 2. The van der Waals surface area contributed by atoms with E-state index in [-0.39, 0.29) is 23.4 Å². The Kier molecular flexibility index (Phi) is 4.29. The molecule has 2 saturated heterocycles. The maximum Gasteiger partial charge on any atom is 0.256 e. The van der Waals surface area contributed by atoms with Crippen molar-refractivity contribution in [2.24, 2.45) is 5.41 Å². The van der Waals surface area contributed by atoms with E-state index in [2.05, 4.69) is 4.98 Å². The molecule has 0 saturated carbocycles. The van der Waals surface area contributed by atoms with Crippen molar-refractivity contribution in [1.82, 2.24) is 14.8 Å². The molecule has 1 spiro atoms. The molecule has 6 heteroatoms.